The van der Waals surface area contributed by atoms with Gasteiger partial charge in [0.15, 0.2) is 12.2 Å². The third kappa shape index (κ3) is 2.66. The number of hydrogen-bond acceptors (Lipinski definition) is 6. The third-order valence-electron chi connectivity index (χ3n) is 2.07. The molecule has 2 aromatic rings. The molecule has 0 aliphatic heterocycles. The topological polar surface area (TPSA) is 60.2 Å². The van der Waals surface area contributed by atoms with Gasteiger partial charge in [-0.25, -0.2) is 4.98 Å². The van der Waals surface area contributed by atoms with E-state index in [9.17, 15) is 0 Å². The second-order valence-corrected chi connectivity index (χ2v) is 4.05. The van der Waals surface area contributed by atoms with Crippen LogP contribution in [-0.2, 0) is 11.3 Å². The fourth-order valence-electron chi connectivity index (χ4n) is 1.30. The highest BCUT2D eigenvalue weighted by Crippen LogP contribution is 2.25. The van der Waals surface area contributed by atoms with Crippen LogP contribution in [0.15, 0.2) is 22.5 Å². The molecule has 1 N–H and O–H groups in total. The van der Waals surface area contributed by atoms with E-state index in [4.69, 9.17) is 9.15 Å². The first-order valence-electron chi connectivity index (χ1n) is 4.92. The van der Waals surface area contributed by atoms with Crippen LogP contribution in [0.1, 0.15) is 5.69 Å². The lowest BCUT2D eigenvalue weighted by molar-refractivity contribution is 0.199. The molecule has 0 aliphatic carbocycles. The van der Waals surface area contributed by atoms with Crippen molar-refractivity contribution >= 4 is 11.3 Å². The lowest BCUT2D eigenvalue weighted by Crippen LogP contribution is -2.19. The summed E-state index contributed by atoms with van der Waals surface area (Å²) < 4.78 is 10.3. The van der Waals surface area contributed by atoms with Gasteiger partial charge in [0, 0.05) is 26.4 Å². The second-order valence-electron chi connectivity index (χ2n) is 3.16. The van der Waals surface area contributed by atoms with E-state index < -0.39 is 0 Å². The van der Waals surface area contributed by atoms with Gasteiger partial charge in [0.2, 0.25) is 0 Å². The molecular formula is C10H13N3O2S. The van der Waals surface area contributed by atoms with Crippen molar-refractivity contribution in [3.63, 3.8) is 0 Å². The maximum absolute atomic E-state index is 5.35. The summed E-state index contributed by atoms with van der Waals surface area (Å²) in [5.74, 6) is 0.799. The van der Waals surface area contributed by atoms with E-state index >= 15 is 0 Å². The van der Waals surface area contributed by atoms with Crippen LogP contribution in [0.4, 0.5) is 0 Å². The molecule has 0 bridgehead atoms. The van der Waals surface area contributed by atoms with Gasteiger partial charge in [-0.3, -0.25) is 4.98 Å². The molecule has 0 spiro atoms. The van der Waals surface area contributed by atoms with E-state index in [0.717, 1.165) is 22.9 Å². The van der Waals surface area contributed by atoms with Gasteiger partial charge in [-0.05, 0) is 0 Å². The second kappa shape index (κ2) is 5.74. The van der Waals surface area contributed by atoms with Crippen LogP contribution in [0.25, 0.3) is 10.6 Å². The smallest absolute Gasteiger partial charge is 0.181 e. The first-order valence-corrected chi connectivity index (χ1v) is 5.80. The van der Waals surface area contributed by atoms with Gasteiger partial charge in [0.05, 0.1) is 17.0 Å². The van der Waals surface area contributed by atoms with E-state index in [1.807, 2.05) is 0 Å². The SMILES string of the molecule is COCCNCc1ncoc1-c1cncs1. The van der Waals surface area contributed by atoms with Crippen LogP contribution in [0.5, 0.6) is 0 Å². The summed E-state index contributed by atoms with van der Waals surface area (Å²) in [6.45, 7) is 2.16. The number of thiazole rings is 1. The number of aromatic nitrogens is 2. The molecule has 0 unspecified atom stereocenters. The standard InChI is InChI=1S/C10H13N3O2S/c1-14-3-2-11-4-8-10(15-6-13-8)9-5-12-7-16-9/h5-7,11H,2-4H2,1H3. The van der Waals surface area contributed by atoms with E-state index in [-0.39, 0.29) is 0 Å². The van der Waals surface area contributed by atoms with Crippen LogP contribution >= 0.6 is 11.3 Å². The van der Waals surface area contributed by atoms with Crippen molar-refractivity contribution in [3.8, 4) is 10.6 Å². The first kappa shape index (κ1) is 11.3. The minimum atomic E-state index is 0.674. The maximum atomic E-state index is 5.35. The molecule has 2 rings (SSSR count). The Morgan fingerprint density at radius 1 is 1.56 bits per heavy atom. The maximum Gasteiger partial charge on any atom is 0.181 e. The fraction of sp³-hybridized carbons (Fsp3) is 0.400. The summed E-state index contributed by atoms with van der Waals surface area (Å²) in [5, 5.41) is 3.23. The Morgan fingerprint density at radius 2 is 2.50 bits per heavy atom. The number of ether oxygens (including phenoxy) is 1. The molecule has 0 fully saturated rings. The lowest BCUT2D eigenvalue weighted by atomic mass is 10.3. The number of nitrogens with one attached hydrogen (secondary N) is 1. The predicted molar refractivity (Wildman–Crippen MR) is 61.2 cm³/mol. The van der Waals surface area contributed by atoms with Gasteiger partial charge in [-0.15, -0.1) is 11.3 Å². The van der Waals surface area contributed by atoms with Crippen LogP contribution in [0, 0.1) is 0 Å². The molecule has 86 valence electrons. The normalized spacial score (nSPS) is 10.8. The minimum Gasteiger partial charge on any atom is -0.442 e. The van der Waals surface area contributed by atoms with E-state index in [1.54, 1.807) is 30.2 Å². The molecule has 0 amide bonds. The zero-order valence-corrected chi connectivity index (χ0v) is 9.79. The molecule has 16 heavy (non-hydrogen) atoms. The molecule has 0 saturated carbocycles. The van der Waals surface area contributed by atoms with Gasteiger partial charge < -0.3 is 14.5 Å². The zero-order chi connectivity index (χ0) is 11.2. The monoisotopic (exact) mass is 239 g/mol. The summed E-state index contributed by atoms with van der Waals surface area (Å²) in [6.07, 6.45) is 3.24. The quantitative estimate of drug-likeness (QED) is 0.775. The molecular weight excluding hydrogens is 226 g/mol. The van der Waals surface area contributed by atoms with Crippen LogP contribution < -0.4 is 5.32 Å². The number of nitrogens with zero attached hydrogens (tertiary/aromatic N) is 2. The summed E-state index contributed by atoms with van der Waals surface area (Å²) in [5.41, 5.74) is 2.68. The highest BCUT2D eigenvalue weighted by Gasteiger charge is 2.11. The summed E-state index contributed by atoms with van der Waals surface area (Å²) >= 11 is 1.54. The molecule has 0 radical (unpaired) electrons. The van der Waals surface area contributed by atoms with Crippen LogP contribution in [-0.4, -0.2) is 30.2 Å². The molecule has 0 aliphatic rings. The van der Waals surface area contributed by atoms with Gasteiger partial charge in [-0.1, -0.05) is 0 Å². The molecule has 0 aromatic carbocycles. The Hall–Kier alpha value is -1.24. The van der Waals surface area contributed by atoms with Gasteiger partial charge in [0.25, 0.3) is 0 Å². The highest BCUT2D eigenvalue weighted by atomic mass is 32.1. The lowest BCUT2D eigenvalue weighted by Gasteiger charge is -2.02. The van der Waals surface area contributed by atoms with Crippen molar-refractivity contribution < 1.29 is 9.15 Å². The Balaban J connectivity index is 1.97. The number of rotatable bonds is 6. The van der Waals surface area contributed by atoms with Gasteiger partial charge >= 0.3 is 0 Å². The van der Waals surface area contributed by atoms with Crippen molar-refractivity contribution in [2.75, 3.05) is 20.3 Å². The average Bonchev–Trinajstić information content (AvgIpc) is 2.94. The van der Waals surface area contributed by atoms with Crippen molar-refractivity contribution in [3.05, 3.63) is 23.8 Å². The van der Waals surface area contributed by atoms with E-state index in [0.29, 0.717) is 13.2 Å². The third-order valence-corrected chi connectivity index (χ3v) is 2.84. The average molecular weight is 239 g/mol. The fourth-order valence-corrected chi connectivity index (χ4v) is 1.93. The Kier molecular flexibility index (Phi) is 4.03. The van der Waals surface area contributed by atoms with Gasteiger partial charge in [0.1, 0.15) is 5.69 Å². The molecule has 0 atom stereocenters. The number of hydrogen-bond donors (Lipinski definition) is 1. The Bertz CT molecular complexity index is 413. The number of methoxy groups -OCH3 is 1. The number of oxazole rings is 1. The first-order chi connectivity index (χ1) is 7.92. The molecule has 5 nitrogen and oxygen atoms in total. The van der Waals surface area contributed by atoms with E-state index in [1.165, 1.54) is 6.39 Å². The summed E-state index contributed by atoms with van der Waals surface area (Å²) in [6, 6.07) is 0. The zero-order valence-electron chi connectivity index (χ0n) is 8.97. The Labute approximate surface area is 97.5 Å². The molecule has 2 aromatic heterocycles. The molecule has 2 heterocycles. The molecule has 0 saturated heterocycles. The summed E-state index contributed by atoms with van der Waals surface area (Å²) in [4.78, 5) is 9.20. The molecule has 6 heteroatoms. The minimum absolute atomic E-state index is 0.674. The van der Waals surface area contributed by atoms with E-state index in [2.05, 4.69) is 15.3 Å². The van der Waals surface area contributed by atoms with Crippen molar-refractivity contribution in [1.29, 1.82) is 0 Å². The highest BCUT2D eigenvalue weighted by molar-refractivity contribution is 7.13. The van der Waals surface area contributed by atoms with Gasteiger partial charge in [-0.2, -0.15) is 0 Å². The van der Waals surface area contributed by atoms with Crippen LogP contribution in [0.3, 0.4) is 0 Å². The Morgan fingerprint density at radius 3 is 3.25 bits per heavy atom. The largest absolute Gasteiger partial charge is 0.442 e. The van der Waals surface area contributed by atoms with Crippen molar-refractivity contribution in [2.45, 2.75) is 6.54 Å². The van der Waals surface area contributed by atoms with Crippen molar-refractivity contribution in [1.82, 2.24) is 15.3 Å². The predicted octanol–water partition coefficient (Wildman–Crippen LogP) is 1.53. The van der Waals surface area contributed by atoms with Crippen LogP contribution in [0.2, 0.25) is 0 Å². The van der Waals surface area contributed by atoms with Crippen molar-refractivity contribution in [2.24, 2.45) is 0 Å². The summed E-state index contributed by atoms with van der Waals surface area (Å²) in [7, 11) is 1.68.